The van der Waals surface area contributed by atoms with Crippen molar-refractivity contribution in [3.05, 3.63) is 95.8 Å². The standard InChI is InChI=1S/C42H46N10O4/c1-48-17-4-8-35(48)33-25-50-26-37(43-22-38(50)45-33)46-40(54)29-11-9-28(10-12-29)30-21-44-51(23-30)18-3-5-27-15-19-49(20-16-27)34-7-2-6-31-32(34)24-52(42(31)56)36-13-14-39(53)47-41(36)55/h2,6-7,9-12,21-23,25-27,35-36H,3-5,8,13-20,24H2,1H3,(H,46,54)(H,47,53,55)/t35-,36?/m1/s1. The van der Waals surface area contributed by atoms with Crippen molar-refractivity contribution in [1.29, 1.82) is 0 Å². The molecule has 288 valence electrons. The number of nitrogens with zero attached hydrogens (tertiary/aromatic N) is 8. The van der Waals surface area contributed by atoms with Gasteiger partial charge in [0.15, 0.2) is 5.65 Å². The van der Waals surface area contributed by atoms with E-state index in [-0.39, 0.29) is 30.0 Å². The second kappa shape index (κ2) is 15.0. The molecule has 9 rings (SSSR count). The van der Waals surface area contributed by atoms with Crippen LogP contribution in [0, 0.1) is 5.92 Å². The number of nitrogens with one attached hydrogen (secondary N) is 2. The van der Waals surface area contributed by atoms with Crippen LogP contribution in [0.15, 0.2) is 73.4 Å². The number of benzene rings is 2. The van der Waals surface area contributed by atoms with E-state index in [0.717, 1.165) is 92.0 Å². The maximum absolute atomic E-state index is 13.3. The molecule has 4 amide bonds. The van der Waals surface area contributed by atoms with E-state index in [1.807, 2.05) is 64.1 Å². The lowest BCUT2D eigenvalue weighted by Crippen LogP contribution is -2.52. The fraction of sp³-hybridized carbons (Fsp3) is 0.405. The lowest BCUT2D eigenvalue weighted by molar-refractivity contribution is -0.136. The average Bonchev–Trinajstić information content (AvgIpc) is 4.02. The first-order valence-corrected chi connectivity index (χ1v) is 19.8. The van der Waals surface area contributed by atoms with E-state index >= 15 is 0 Å². The number of anilines is 2. The van der Waals surface area contributed by atoms with Crippen molar-refractivity contribution < 1.29 is 19.2 Å². The van der Waals surface area contributed by atoms with Gasteiger partial charge in [0.05, 0.1) is 30.3 Å². The quantitative estimate of drug-likeness (QED) is 0.187. The molecule has 0 spiro atoms. The molecular weight excluding hydrogens is 709 g/mol. The van der Waals surface area contributed by atoms with Crippen molar-refractivity contribution >= 4 is 40.8 Å². The first-order valence-electron chi connectivity index (χ1n) is 19.8. The molecule has 2 atom stereocenters. The van der Waals surface area contributed by atoms with Crippen LogP contribution in [0.1, 0.15) is 89.4 Å². The number of carbonyl (C=O) groups excluding carboxylic acids is 4. The fourth-order valence-electron chi connectivity index (χ4n) is 8.94. The van der Waals surface area contributed by atoms with Gasteiger partial charge < -0.3 is 19.5 Å². The number of amides is 4. The van der Waals surface area contributed by atoms with E-state index in [1.54, 1.807) is 11.1 Å². The lowest BCUT2D eigenvalue weighted by atomic mass is 9.91. The third kappa shape index (κ3) is 7.04. The highest BCUT2D eigenvalue weighted by Gasteiger charge is 2.40. The third-order valence-corrected chi connectivity index (χ3v) is 12.1. The molecule has 0 bridgehead atoms. The number of aryl methyl sites for hydroxylation is 1. The minimum absolute atomic E-state index is 0.132. The van der Waals surface area contributed by atoms with Crippen LogP contribution in [-0.4, -0.2) is 90.3 Å². The number of hydrogen-bond acceptors (Lipinski definition) is 9. The van der Waals surface area contributed by atoms with E-state index in [0.29, 0.717) is 41.9 Å². The molecule has 5 aromatic rings. The van der Waals surface area contributed by atoms with Gasteiger partial charge in [-0.2, -0.15) is 5.10 Å². The number of rotatable bonds is 10. The van der Waals surface area contributed by atoms with Crippen LogP contribution >= 0.6 is 0 Å². The molecule has 2 aromatic carbocycles. The van der Waals surface area contributed by atoms with Crippen molar-refractivity contribution in [3.63, 3.8) is 0 Å². The van der Waals surface area contributed by atoms with Crippen LogP contribution in [0.4, 0.5) is 11.5 Å². The zero-order chi connectivity index (χ0) is 38.3. The van der Waals surface area contributed by atoms with Gasteiger partial charge in [-0.05, 0) is 94.3 Å². The predicted molar refractivity (Wildman–Crippen MR) is 210 cm³/mol. The SMILES string of the molecule is CN1CCC[C@@H]1c1cn2cc(NC(=O)c3ccc(-c4cnn(CCCC5CCN(c6cccc7c6CN(C6CCC(=O)NC6=O)C7=O)CC5)c4)cc3)ncc2n1. The molecule has 2 N–H and O–H groups in total. The van der Waals surface area contributed by atoms with Crippen LogP contribution in [0.5, 0.6) is 0 Å². The van der Waals surface area contributed by atoms with Gasteiger partial charge in [0.1, 0.15) is 11.9 Å². The number of aromatic nitrogens is 5. The van der Waals surface area contributed by atoms with E-state index in [9.17, 15) is 19.2 Å². The minimum atomic E-state index is -0.609. The van der Waals surface area contributed by atoms with E-state index < -0.39 is 6.04 Å². The van der Waals surface area contributed by atoms with Gasteiger partial charge in [0.25, 0.3) is 11.8 Å². The molecule has 0 aliphatic carbocycles. The Balaban J connectivity index is 0.744. The number of hydrogen-bond donors (Lipinski definition) is 2. The largest absolute Gasteiger partial charge is 0.371 e. The van der Waals surface area contributed by atoms with Gasteiger partial charge in [-0.1, -0.05) is 18.2 Å². The molecule has 0 saturated carbocycles. The highest BCUT2D eigenvalue weighted by molar-refractivity contribution is 6.06. The van der Waals surface area contributed by atoms with E-state index in [4.69, 9.17) is 4.98 Å². The van der Waals surface area contributed by atoms with Crippen molar-refractivity contribution in [2.24, 2.45) is 5.92 Å². The summed E-state index contributed by atoms with van der Waals surface area (Å²) in [7, 11) is 2.13. The number of likely N-dealkylation sites (tertiary alicyclic amines) is 1. The first kappa shape index (κ1) is 35.8. The second-order valence-corrected chi connectivity index (χ2v) is 15.6. The second-order valence-electron chi connectivity index (χ2n) is 15.6. The van der Waals surface area contributed by atoms with Gasteiger partial charge >= 0.3 is 0 Å². The summed E-state index contributed by atoms with van der Waals surface area (Å²) in [6.45, 7) is 4.14. The predicted octanol–water partition coefficient (Wildman–Crippen LogP) is 5.07. The summed E-state index contributed by atoms with van der Waals surface area (Å²) in [5, 5.41) is 9.94. The fourth-order valence-corrected chi connectivity index (χ4v) is 8.94. The van der Waals surface area contributed by atoms with E-state index in [2.05, 4.69) is 49.8 Å². The summed E-state index contributed by atoms with van der Waals surface area (Å²) in [4.78, 5) is 66.1. The van der Waals surface area contributed by atoms with E-state index in [1.165, 1.54) is 6.42 Å². The van der Waals surface area contributed by atoms with Gasteiger partial charge in [0, 0.05) is 72.9 Å². The highest BCUT2D eigenvalue weighted by atomic mass is 16.2. The molecule has 1 unspecified atom stereocenters. The monoisotopic (exact) mass is 754 g/mol. The molecule has 3 aromatic heterocycles. The Morgan fingerprint density at radius 2 is 1.75 bits per heavy atom. The molecule has 3 fully saturated rings. The summed E-state index contributed by atoms with van der Waals surface area (Å²) in [6, 6.07) is 13.1. The minimum Gasteiger partial charge on any atom is -0.371 e. The summed E-state index contributed by atoms with van der Waals surface area (Å²) in [6.07, 6.45) is 16.6. The Morgan fingerprint density at radius 1 is 0.911 bits per heavy atom. The molecule has 56 heavy (non-hydrogen) atoms. The zero-order valence-corrected chi connectivity index (χ0v) is 31.6. The summed E-state index contributed by atoms with van der Waals surface area (Å²) in [5.41, 5.74) is 7.06. The molecule has 4 aliphatic heterocycles. The molecule has 4 aliphatic rings. The van der Waals surface area contributed by atoms with Crippen molar-refractivity contribution in [2.45, 2.75) is 76.5 Å². The smallest absolute Gasteiger partial charge is 0.256 e. The molecule has 7 heterocycles. The lowest BCUT2D eigenvalue weighted by Gasteiger charge is -2.35. The Labute approximate surface area is 324 Å². The van der Waals surface area contributed by atoms with Gasteiger partial charge in [-0.25, -0.2) is 9.97 Å². The maximum Gasteiger partial charge on any atom is 0.256 e. The highest BCUT2D eigenvalue weighted by Crippen LogP contribution is 2.36. The van der Waals surface area contributed by atoms with Gasteiger partial charge in [-0.3, -0.25) is 34.1 Å². The van der Waals surface area contributed by atoms with Crippen LogP contribution in [0.2, 0.25) is 0 Å². The Hall–Kier alpha value is -5.89. The molecule has 3 saturated heterocycles. The number of piperidine rings is 2. The number of fused-ring (bicyclic) bond motifs is 2. The summed E-state index contributed by atoms with van der Waals surface area (Å²) in [5.74, 6) is 0.0731. The van der Waals surface area contributed by atoms with Crippen LogP contribution in [-0.2, 0) is 22.7 Å². The third-order valence-electron chi connectivity index (χ3n) is 12.1. The average molecular weight is 755 g/mol. The number of carbonyl (C=O) groups is 4. The molecule has 14 heteroatoms. The molecule has 0 radical (unpaired) electrons. The van der Waals surface area contributed by atoms with Crippen LogP contribution < -0.4 is 15.5 Å². The Bertz CT molecular complexity index is 2310. The topological polar surface area (TPSA) is 150 Å². The Kier molecular flexibility index (Phi) is 9.57. The molecule has 14 nitrogen and oxygen atoms in total. The Morgan fingerprint density at radius 3 is 2.54 bits per heavy atom. The molecular formula is C42H46N10O4. The number of imidazole rings is 1. The van der Waals surface area contributed by atoms with Crippen molar-refractivity contribution in [2.75, 3.05) is 36.9 Å². The summed E-state index contributed by atoms with van der Waals surface area (Å²) >= 11 is 0. The van der Waals surface area contributed by atoms with Crippen LogP contribution in [0.25, 0.3) is 16.8 Å². The zero-order valence-electron chi connectivity index (χ0n) is 31.6. The van der Waals surface area contributed by atoms with Crippen molar-refractivity contribution in [1.82, 2.24) is 39.3 Å². The first-order chi connectivity index (χ1) is 27.3. The normalized spacial score (nSPS) is 20.6. The number of imide groups is 1. The maximum atomic E-state index is 13.3. The van der Waals surface area contributed by atoms with Gasteiger partial charge in [-0.15, -0.1) is 0 Å². The van der Waals surface area contributed by atoms with Gasteiger partial charge in [0.2, 0.25) is 11.8 Å². The van der Waals surface area contributed by atoms with Crippen molar-refractivity contribution in [3.8, 4) is 11.1 Å². The summed E-state index contributed by atoms with van der Waals surface area (Å²) < 4.78 is 3.93. The van der Waals surface area contributed by atoms with Crippen LogP contribution in [0.3, 0.4) is 0 Å².